The van der Waals surface area contributed by atoms with E-state index < -0.39 is 5.91 Å². The maximum atomic E-state index is 11.4. The zero-order valence-electron chi connectivity index (χ0n) is 14.4. The van der Waals surface area contributed by atoms with E-state index in [0.29, 0.717) is 34.5 Å². The molecule has 3 aromatic rings. The van der Waals surface area contributed by atoms with Crippen LogP contribution in [0.5, 0.6) is 11.5 Å². The molecule has 8 heteroatoms. The summed E-state index contributed by atoms with van der Waals surface area (Å²) in [5, 5.41) is 7.05. The maximum Gasteiger partial charge on any atom is 0.250 e. The summed E-state index contributed by atoms with van der Waals surface area (Å²) in [6.45, 7) is 0.255. The number of carbonyl (C=O) groups excluding carboxylic acids is 1. The second kappa shape index (κ2) is 7.56. The fraction of sp³-hybridized carbons (Fsp3) is 0.167. The van der Waals surface area contributed by atoms with Crippen molar-refractivity contribution in [1.29, 1.82) is 0 Å². The fourth-order valence-corrected chi connectivity index (χ4v) is 2.44. The van der Waals surface area contributed by atoms with Crippen molar-refractivity contribution in [2.75, 3.05) is 19.5 Å². The van der Waals surface area contributed by atoms with Gasteiger partial charge in [-0.15, -0.1) is 0 Å². The van der Waals surface area contributed by atoms with E-state index in [1.807, 2.05) is 6.07 Å². The van der Waals surface area contributed by atoms with Crippen LogP contribution < -0.4 is 20.5 Å². The van der Waals surface area contributed by atoms with Crippen LogP contribution in [0.15, 0.2) is 47.0 Å². The van der Waals surface area contributed by atoms with Crippen molar-refractivity contribution in [2.45, 2.75) is 6.54 Å². The van der Waals surface area contributed by atoms with Crippen LogP contribution in [0.1, 0.15) is 16.2 Å². The number of para-hydroxylation sites is 1. The number of hydrogen-bond donors (Lipinski definition) is 2. The van der Waals surface area contributed by atoms with Gasteiger partial charge >= 0.3 is 0 Å². The van der Waals surface area contributed by atoms with Crippen LogP contribution in [0.4, 0.5) is 5.69 Å². The Morgan fingerprint density at radius 3 is 2.65 bits per heavy atom. The van der Waals surface area contributed by atoms with Gasteiger partial charge in [0.25, 0.3) is 5.91 Å². The van der Waals surface area contributed by atoms with Gasteiger partial charge in [0.2, 0.25) is 11.7 Å². The number of nitrogens with one attached hydrogen (secondary N) is 1. The SMILES string of the molecule is COc1ccc(-c2noc(CNc3ccccc3C(N)=O)n2)cc1OC. The van der Waals surface area contributed by atoms with Crippen molar-refractivity contribution in [3.8, 4) is 22.9 Å². The molecule has 0 aliphatic rings. The van der Waals surface area contributed by atoms with Crippen LogP contribution in [-0.4, -0.2) is 30.3 Å². The third-order valence-corrected chi connectivity index (χ3v) is 3.73. The molecule has 0 aliphatic heterocycles. The Bertz CT molecular complexity index is 923. The van der Waals surface area contributed by atoms with E-state index in [2.05, 4.69) is 15.5 Å². The zero-order valence-corrected chi connectivity index (χ0v) is 14.4. The molecule has 1 heterocycles. The van der Waals surface area contributed by atoms with Gasteiger partial charge in [0.05, 0.1) is 26.3 Å². The minimum Gasteiger partial charge on any atom is -0.493 e. The van der Waals surface area contributed by atoms with Gasteiger partial charge in [-0.25, -0.2) is 0 Å². The number of hydrogen-bond acceptors (Lipinski definition) is 7. The molecule has 0 bridgehead atoms. The van der Waals surface area contributed by atoms with Gasteiger partial charge in [-0.2, -0.15) is 4.98 Å². The summed E-state index contributed by atoms with van der Waals surface area (Å²) in [4.78, 5) is 15.8. The van der Waals surface area contributed by atoms with Gasteiger partial charge in [-0.3, -0.25) is 4.79 Å². The van der Waals surface area contributed by atoms with Crippen molar-refractivity contribution in [2.24, 2.45) is 5.73 Å². The van der Waals surface area contributed by atoms with Crippen LogP contribution in [0.3, 0.4) is 0 Å². The number of anilines is 1. The molecule has 3 N–H and O–H groups in total. The van der Waals surface area contributed by atoms with E-state index in [1.54, 1.807) is 50.6 Å². The summed E-state index contributed by atoms with van der Waals surface area (Å²) in [6.07, 6.45) is 0. The molecule has 0 spiro atoms. The standard InChI is InChI=1S/C18H18N4O4/c1-24-14-8-7-11(9-15(14)25-2)18-21-16(26-22-18)10-20-13-6-4-3-5-12(13)17(19)23/h3-9,20H,10H2,1-2H3,(H2,19,23). The van der Waals surface area contributed by atoms with Gasteiger partial charge in [0.1, 0.15) is 0 Å². The second-order valence-corrected chi connectivity index (χ2v) is 5.34. The molecule has 26 heavy (non-hydrogen) atoms. The van der Waals surface area contributed by atoms with Gasteiger partial charge in [-0.1, -0.05) is 17.3 Å². The van der Waals surface area contributed by atoms with E-state index in [1.165, 1.54) is 0 Å². The van der Waals surface area contributed by atoms with Crippen LogP contribution in [-0.2, 0) is 6.54 Å². The first-order chi connectivity index (χ1) is 12.6. The first-order valence-electron chi connectivity index (χ1n) is 7.80. The molecule has 134 valence electrons. The molecule has 0 radical (unpaired) electrons. The number of amides is 1. The number of rotatable bonds is 7. The molecular formula is C18H18N4O4. The van der Waals surface area contributed by atoms with E-state index in [0.717, 1.165) is 5.56 Å². The normalized spacial score (nSPS) is 10.4. The molecule has 0 atom stereocenters. The molecule has 0 unspecified atom stereocenters. The highest BCUT2D eigenvalue weighted by Crippen LogP contribution is 2.31. The lowest BCUT2D eigenvalue weighted by atomic mass is 10.1. The van der Waals surface area contributed by atoms with E-state index in [9.17, 15) is 4.79 Å². The number of nitrogens with zero attached hydrogens (tertiary/aromatic N) is 2. The average Bonchev–Trinajstić information content (AvgIpc) is 3.15. The van der Waals surface area contributed by atoms with Crippen molar-refractivity contribution in [1.82, 2.24) is 10.1 Å². The molecule has 2 aromatic carbocycles. The quantitative estimate of drug-likeness (QED) is 0.670. The molecular weight excluding hydrogens is 336 g/mol. The fourth-order valence-electron chi connectivity index (χ4n) is 2.44. The molecule has 0 aliphatic carbocycles. The highest BCUT2D eigenvalue weighted by molar-refractivity contribution is 5.98. The summed E-state index contributed by atoms with van der Waals surface area (Å²) in [5.41, 5.74) is 7.09. The molecule has 3 rings (SSSR count). The summed E-state index contributed by atoms with van der Waals surface area (Å²) >= 11 is 0. The first-order valence-corrected chi connectivity index (χ1v) is 7.80. The topological polar surface area (TPSA) is 112 Å². The number of nitrogens with two attached hydrogens (primary N) is 1. The third-order valence-electron chi connectivity index (χ3n) is 3.73. The van der Waals surface area contributed by atoms with Gasteiger partial charge in [0, 0.05) is 11.3 Å². The highest BCUT2D eigenvalue weighted by Gasteiger charge is 2.13. The van der Waals surface area contributed by atoms with E-state index in [4.69, 9.17) is 19.7 Å². The lowest BCUT2D eigenvalue weighted by Crippen LogP contribution is -2.14. The minimum atomic E-state index is -0.510. The van der Waals surface area contributed by atoms with Crippen LogP contribution >= 0.6 is 0 Å². The van der Waals surface area contributed by atoms with Gasteiger partial charge < -0.3 is 25.0 Å². The largest absolute Gasteiger partial charge is 0.493 e. The third kappa shape index (κ3) is 3.59. The highest BCUT2D eigenvalue weighted by atomic mass is 16.5. The monoisotopic (exact) mass is 354 g/mol. The van der Waals surface area contributed by atoms with Gasteiger partial charge in [-0.05, 0) is 30.3 Å². The Balaban J connectivity index is 1.76. The Labute approximate surface area is 149 Å². The van der Waals surface area contributed by atoms with Crippen molar-refractivity contribution in [3.05, 3.63) is 53.9 Å². The maximum absolute atomic E-state index is 11.4. The Hall–Kier alpha value is -3.55. The van der Waals surface area contributed by atoms with Crippen molar-refractivity contribution < 1.29 is 18.8 Å². The molecule has 8 nitrogen and oxygen atoms in total. The average molecular weight is 354 g/mol. The summed E-state index contributed by atoms with van der Waals surface area (Å²) < 4.78 is 15.8. The van der Waals surface area contributed by atoms with Crippen LogP contribution in [0, 0.1) is 0 Å². The number of benzene rings is 2. The Morgan fingerprint density at radius 1 is 1.15 bits per heavy atom. The van der Waals surface area contributed by atoms with E-state index in [-0.39, 0.29) is 6.54 Å². The second-order valence-electron chi connectivity index (χ2n) is 5.34. The predicted octanol–water partition coefficient (Wildman–Crippen LogP) is 2.46. The smallest absolute Gasteiger partial charge is 0.250 e. The summed E-state index contributed by atoms with van der Waals surface area (Å²) in [6, 6.07) is 12.3. The molecule has 0 saturated heterocycles. The number of primary amides is 1. The van der Waals surface area contributed by atoms with Crippen LogP contribution in [0.2, 0.25) is 0 Å². The summed E-state index contributed by atoms with van der Waals surface area (Å²) in [7, 11) is 3.13. The number of aromatic nitrogens is 2. The number of ether oxygens (including phenoxy) is 2. The molecule has 1 amide bonds. The Morgan fingerprint density at radius 2 is 1.92 bits per heavy atom. The number of methoxy groups -OCH3 is 2. The van der Waals surface area contributed by atoms with Gasteiger partial charge in [0.15, 0.2) is 11.5 Å². The molecule has 1 aromatic heterocycles. The first kappa shape index (κ1) is 17.3. The molecule has 0 fully saturated rings. The number of carbonyl (C=O) groups is 1. The van der Waals surface area contributed by atoms with E-state index >= 15 is 0 Å². The van der Waals surface area contributed by atoms with Crippen LogP contribution in [0.25, 0.3) is 11.4 Å². The van der Waals surface area contributed by atoms with Crippen molar-refractivity contribution in [3.63, 3.8) is 0 Å². The zero-order chi connectivity index (χ0) is 18.5. The van der Waals surface area contributed by atoms with Crippen molar-refractivity contribution >= 4 is 11.6 Å². The summed E-state index contributed by atoms with van der Waals surface area (Å²) in [5.74, 6) is 1.47. The lowest BCUT2D eigenvalue weighted by Gasteiger charge is -2.07. The Kier molecular flexibility index (Phi) is 5.02. The minimum absolute atomic E-state index is 0.255. The predicted molar refractivity (Wildman–Crippen MR) is 95.1 cm³/mol. The lowest BCUT2D eigenvalue weighted by molar-refractivity contribution is 0.100. The molecule has 0 saturated carbocycles.